The van der Waals surface area contributed by atoms with Crippen LogP contribution in [0, 0.1) is 6.92 Å². The lowest BCUT2D eigenvalue weighted by Crippen LogP contribution is -2.29. The number of furan rings is 1. The van der Waals surface area contributed by atoms with Gasteiger partial charge in [0.2, 0.25) is 5.91 Å². The maximum absolute atomic E-state index is 12.0. The normalized spacial score (nSPS) is 17.0. The highest BCUT2D eigenvalue weighted by Crippen LogP contribution is 2.44. The van der Waals surface area contributed by atoms with Crippen molar-refractivity contribution in [1.82, 2.24) is 10.3 Å². The molecule has 1 aliphatic heterocycles. The van der Waals surface area contributed by atoms with Crippen molar-refractivity contribution in [3.05, 3.63) is 102 Å². The number of ether oxygens (including phenoxy) is 1. The molecule has 37 heavy (non-hydrogen) atoms. The van der Waals surface area contributed by atoms with E-state index < -0.39 is 0 Å². The van der Waals surface area contributed by atoms with Gasteiger partial charge in [0, 0.05) is 29.6 Å². The number of anilines is 2. The minimum absolute atomic E-state index is 0.00300. The number of carbonyl (C=O) groups is 1. The fraction of sp³-hybridized carbons (Fsp3) is 0.179. The van der Waals surface area contributed by atoms with Crippen LogP contribution in [0.5, 0.6) is 0 Å². The molecule has 2 aromatic heterocycles. The number of hydrogen-bond acceptors (Lipinski definition) is 6. The molecule has 0 aliphatic carbocycles. The number of methoxy groups -OCH3 is 1. The van der Waals surface area contributed by atoms with Gasteiger partial charge in [0.1, 0.15) is 18.4 Å². The van der Waals surface area contributed by atoms with Crippen molar-refractivity contribution in [2.45, 2.75) is 29.0 Å². The summed E-state index contributed by atoms with van der Waals surface area (Å²) in [4.78, 5) is 19.8. The standard InChI is InChI=1S/C28H26N4O3S2/c1-18-16-19(11-12-21(18)30-24(33)17-34-2)32-27(26(31-28(32)36)22-10-6-7-15-29-22)23-13-14-25(35-23)37-20-8-4-3-5-9-20/h3-16,26-27H,17H2,1-2H3,(H,30,33)(H,31,36)/t26-,27+/m1/s1. The average Bonchev–Trinajstić information content (AvgIpc) is 3.50. The first-order valence-electron chi connectivity index (χ1n) is 11.8. The summed E-state index contributed by atoms with van der Waals surface area (Å²) in [5.41, 5.74) is 3.38. The van der Waals surface area contributed by atoms with Crippen LogP contribution < -0.4 is 15.5 Å². The Morgan fingerprint density at radius 2 is 1.95 bits per heavy atom. The van der Waals surface area contributed by atoms with E-state index in [2.05, 4.69) is 32.7 Å². The number of nitrogens with zero attached hydrogens (tertiary/aromatic N) is 2. The van der Waals surface area contributed by atoms with Gasteiger partial charge in [-0.25, -0.2) is 0 Å². The first-order valence-corrected chi connectivity index (χ1v) is 13.0. The number of thiocarbonyl (C=S) groups is 1. The number of benzene rings is 2. The Hall–Kier alpha value is -3.66. The van der Waals surface area contributed by atoms with Gasteiger partial charge in [-0.15, -0.1) is 0 Å². The molecule has 0 unspecified atom stereocenters. The summed E-state index contributed by atoms with van der Waals surface area (Å²) in [6, 6.07) is 25.3. The lowest BCUT2D eigenvalue weighted by Gasteiger charge is -2.26. The Kier molecular flexibility index (Phi) is 7.55. The molecule has 1 amide bonds. The third kappa shape index (κ3) is 5.53. The molecule has 1 saturated heterocycles. The molecule has 3 heterocycles. The Balaban J connectivity index is 1.49. The summed E-state index contributed by atoms with van der Waals surface area (Å²) in [6.45, 7) is 1.95. The van der Waals surface area contributed by atoms with Crippen LogP contribution in [-0.2, 0) is 9.53 Å². The van der Waals surface area contributed by atoms with Crippen LogP contribution in [0.3, 0.4) is 0 Å². The van der Waals surface area contributed by atoms with Gasteiger partial charge in [-0.05, 0) is 79.3 Å². The predicted octanol–water partition coefficient (Wildman–Crippen LogP) is 5.90. The van der Waals surface area contributed by atoms with E-state index in [1.165, 1.54) is 7.11 Å². The predicted molar refractivity (Wildman–Crippen MR) is 149 cm³/mol. The molecule has 4 aromatic rings. The van der Waals surface area contributed by atoms with E-state index in [9.17, 15) is 4.79 Å². The molecule has 2 N–H and O–H groups in total. The van der Waals surface area contributed by atoms with Crippen molar-refractivity contribution in [3.63, 3.8) is 0 Å². The largest absolute Gasteiger partial charge is 0.452 e. The summed E-state index contributed by atoms with van der Waals surface area (Å²) in [6.07, 6.45) is 1.78. The number of carbonyl (C=O) groups excluding carboxylic acids is 1. The minimum Gasteiger partial charge on any atom is -0.452 e. The number of amides is 1. The molecular weight excluding hydrogens is 504 g/mol. The maximum atomic E-state index is 12.0. The van der Waals surface area contributed by atoms with Crippen molar-refractivity contribution in [2.24, 2.45) is 0 Å². The highest BCUT2D eigenvalue weighted by Gasteiger charge is 2.42. The molecule has 0 radical (unpaired) electrons. The second-order valence-corrected chi connectivity index (χ2v) is 10.0. The topological polar surface area (TPSA) is 79.6 Å². The van der Waals surface area contributed by atoms with Gasteiger partial charge in [0.15, 0.2) is 10.2 Å². The second kappa shape index (κ2) is 11.2. The zero-order chi connectivity index (χ0) is 25.8. The number of hydrogen-bond donors (Lipinski definition) is 2. The van der Waals surface area contributed by atoms with Crippen LogP contribution in [0.2, 0.25) is 0 Å². The van der Waals surface area contributed by atoms with Crippen molar-refractivity contribution in [1.29, 1.82) is 0 Å². The Morgan fingerprint density at radius 1 is 1.14 bits per heavy atom. The molecule has 5 rings (SSSR count). The van der Waals surface area contributed by atoms with Crippen molar-refractivity contribution >= 4 is 46.4 Å². The van der Waals surface area contributed by atoms with Crippen LogP contribution in [0.25, 0.3) is 0 Å². The highest BCUT2D eigenvalue weighted by molar-refractivity contribution is 7.99. The summed E-state index contributed by atoms with van der Waals surface area (Å²) < 4.78 is 11.3. The van der Waals surface area contributed by atoms with E-state index >= 15 is 0 Å². The molecular formula is C28H26N4O3S2. The number of aryl methyl sites for hydroxylation is 1. The zero-order valence-electron chi connectivity index (χ0n) is 20.4. The molecule has 0 spiro atoms. The van der Waals surface area contributed by atoms with E-state index in [0.717, 1.165) is 38.4 Å². The highest BCUT2D eigenvalue weighted by atomic mass is 32.2. The smallest absolute Gasteiger partial charge is 0.250 e. The van der Waals surface area contributed by atoms with Gasteiger partial charge < -0.3 is 24.7 Å². The monoisotopic (exact) mass is 530 g/mol. The summed E-state index contributed by atoms with van der Waals surface area (Å²) >= 11 is 7.39. The summed E-state index contributed by atoms with van der Waals surface area (Å²) in [5, 5.41) is 7.70. The molecule has 7 nitrogen and oxygen atoms in total. The third-order valence-electron chi connectivity index (χ3n) is 5.99. The third-order valence-corrected chi connectivity index (χ3v) is 7.23. The average molecular weight is 531 g/mol. The molecule has 2 aromatic carbocycles. The number of nitrogens with one attached hydrogen (secondary N) is 2. The first kappa shape index (κ1) is 25.0. The fourth-order valence-corrected chi connectivity index (χ4v) is 5.48. The van der Waals surface area contributed by atoms with Gasteiger partial charge in [0.25, 0.3) is 0 Å². The Morgan fingerprint density at radius 3 is 2.68 bits per heavy atom. The van der Waals surface area contributed by atoms with Gasteiger partial charge in [0.05, 0.1) is 11.7 Å². The van der Waals surface area contributed by atoms with Crippen LogP contribution in [0.1, 0.15) is 29.1 Å². The van der Waals surface area contributed by atoms with Crippen molar-refractivity contribution in [2.75, 3.05) is 23.9 Å². The van der Waals surface area contributed by atoms with Crippen LogP contribution in [0.15, 0.2) is 99.5 Å². The number of aromatic nitrogens is 1. The van der Waals surface area contributed by atoms with Gasteiger partial charge in [-0.3, -0.25) is 9.78 Å². The quantitative estimate of drug-likeness (QED) is 0.273. The van der Waals surface area contributed by atoms with Crippen molar-refractivity contribution < 1.29 is 13.9 Å². The summed E-state index contributed by atoms with van der Waals surface area (Å²) in [5.74, 6) is 0.570. The van der Waals surface area contributed by atoms with E-state index in [-0.39, 0.29) is 24.6 Å². The van der Waals surface area contributed by atoms with Gasteiger partial charge in [-0.2, -0.15) is 0 Å². The van der Waals surface area contributed by atoms with E-state index in [4.69, 9.17) is 21.4 Å². The Bertz CT molecular complexity index is 1400. The number of rotatable bonds is 8. The number of pyridine rings is 1. The second-order valence-electron chi connectivity index (χ2n) is 8.55. The minimum atomic E-state index is -0.263. The van der Waals surface area contributed by atoms with Crippen LogP contribution in [0.4, 0.5) is 11.4 Å². The molecule has 9 heteroatoms. The molecule has 1 fully saturated rings. The molecule has 188 valence electrons. The lowest BCUT2D eigenvalue weighted by molar-refractivity contribution is -0.119. The van der Waals surface area contributed by atoms with Crippen molar-refractivity contribution in [3.8, 4) is 0 Å². The molecule has 0 bridgehead atoms. The fourth-order valence-electron chi connectivity index (χ4n) is 4.33. The van der Waals surface area contributed by atoms with E-state index in [1.807, 2.05) is 73.7 Å². The van der Waals surface area contributed by atoms with E-state index in [1.54, 1.807) is 18.0 Å². The van der Waals surface area contributed by atoms with Crippen LogP contribution >= 0.6 is 24.0 Å². The SMILES string of the molecule is COCC(=O)Nc1ccc(N2C(=S)N[C@H](c3ccccn3)[C@@H]2c2ccc(Sc3ccccc3)o2)cc1C. The molecule has 1 aliphatic rings. The van der Waals surface area contributed by atoms with E-state index in [0.29, 0.717) is 5.11 Å². The Labute approximate surface area is 225 Å². The zero-order valence-corrected chi connectivity index (χ0v) is 22.0. The van der Waals surface area contributed by atoms with Crippen LogP contribution in [-0.4, -0.2) is 29.7 Å². The maximum Gasteiger partial charge on any atom is 0.250 e. The lowest BCUT2D eigenvalue weighted by atomic mass is 10.0. The van der Waals surface area contributed by atoms with Gasteiger partial charge in [-0.1, -0.05) is 36.0 Å². The molecule has 0 saturated carbocycles. The van der Waals surface area contributed by atoms with Gasteiger partial charge >= 0.3 is 0 Å². The summed E-state index contributed by atoms with van der Waals surface area (Å²) in [7, 11) is 1.49. The first-order chi connectivity index (χ1) is 18.0. The molecule has 2 atom stereocenters.